The highest BCUT2D eigenvalue weighted by atomic mass is 16.5. The number of carboxylic acid groups (broad SMARTS) is 1. The molecule has 1 aliphatic rings. The predicted molar refractivity (Wildman–Crippen MR) is 129 cm³/mol. The van der Waals surface area contributed by atoms with Crippen LogP contribution in [-0.4, -0.2) is 44.4 Å². The summed E-state index contributed by atoms with van der Waals surface area (Å²) in [6.45, 7) is 5.89. The van der Waals surface area contributed by atoms with Gasteiger partial charge in [0.05, 0.1) is 23.5 Å². The molecule has 1 aromatic heterocycles. The summed E-state index contributed by atoms with van der Waals surface area (Å²) >= 11 is 0. The van der Waals surface area contributed by atoms with Crippen molar-refractivity contribution in [2.24, 2.45) is 5.41 Å². The molecule has 0 bridgehead atoms. The first-order valence-electron chi connectivity index (χ1n) is 11.4. The normalized spacial score (nSPS) is 14.0. The van der Waals surface area contributed by atoms with Crippen molar-refractivity contribution >= 4 is 34.7 Å². The Bertz CT molecular complexity index is 1300. The number of amides is 1. The van der Waals surface area contributed by atoms with Gasteiger partial charge in [0.15, 0.2) is 0 Å². The molecule has 0 aliphatic carbocycles. The summed E-state index contributed by atoms with van der Waals surface area (Å²) in [6.07, 6.45) is 0.0210. The third-order valence-electron chi connectivity index (χ3n) is 6.33. The number of nitrogens with zero attached hydrogens (tertiary/aromatic N) is 3. The van der Waals surface area contributed by atoms with Crippen molar-refractivity contribution < 1.29 is 24.2 Å². The summed E-state index contributed by atoms with van der Waals surface area (Å²) in [5.41, 5.74) is 8.01. The maximum absolute atomic E-state index is 13.5. The number of aromatic nitrogens is 2. The molecule has 3 N–H and O–H groups in total. The summed E-state index contributed by atoms with van der Waals surface area (Å²) < 4.78 is 5.25. The third-order valence-corrected chi connectivity index (χ3v) is 6.33. The maximum Gasteiger partial charge on any atom is 0.313 e. The predicted octanol–water partition coefficient (Wildman–Crippen LogP) is 3.52. The van der Waals surface area contributed by atoms with Crippen molar-refractivity contribution in [3.63, 3.8) is 0 Å². The minimum Gasteiger partial charge on any atom is -0.481 e. The van der Waals surface area contributed by atoms with Gasteiger partial charge in [0.2, 0.25) is 5.95 Å². The minimum atomic E-state index is -1.18. The van der Waals surface area contributed by atoms with E-state index in [1.165, 1.54) is 0 Å². The van der Waals surface area contributed by atoms with Crippen LogP contribution in [0, 0.1) is 5.41 Å². The Balaban J connectivity index is 1.76. The number of aliphatic carboxylic acids is 1. The van der Waals surface area contributed by atoms with E-state index in [0.29, 0.717) is 29.6 Å². The first kappa shape index (κ1) is 24.1. The number of benzene rings is 2. The second-order valence-corrected chi connectivity index (χ2v) is 9.33. The number of esters is 1. The Morgan fingerprint density at radius 1 is 1.11 bits per heavy atom. The molecule has 1 unspecified atom stereocenters. The molecule has 0 saturated carbocycles. The van der Waals surface area contributed by atoms with Crippen LogP contribution in [0.15, 0.2) is 42.5 Å². The number of fused-ring (bicyclic) bond motifs is 2. The van der Waals surface area contributed by atoms with Gasteiger partial charge in [-0.2, -0.15) is 0 Å². The van der Waals surface area contributed by atoms with Crippen molar-refractivity contribution in [2.45, 2.75) is 46.2 Å². The molecule has 2 heterocycles. The Morgan fingerprint density at radius 2 is 1.77 bits per heavy atom. The standard InChI is InChI=1S/C26H28N4O5/c1-4-35-23(32)19(12-26(2,3)24(33)34)15-9-10-20-18(11-15)21(29-25(27)28-20)22(31)30-13-16-7-5-6-8-17(16)14-30/h5-11,19H,4,12-14H2,1-3H3,(H,33,34)(H2,27,28,29). The average Bonchev–Trinajstić information content (AvgIpc) is 3.26. The van der Waals surface area contributed by atoms with Crippen LogP contribution >= 0.6 is 0 Å². The monoisotopic (exact) mass is 476 g/mol. The molecule has 9 heteroatoms. The van der Waals surface area contributed by atoms with E-state index in [1.54, 1.807) is 43.9 Å². The van der Waals surface area contributed by atoms with Gasteiger partial charge in [-0.1, -0.05) is 30.3 Å². The van der Waals surface area contributed by atoms with Crippen LogP contribution in [0.1, 0.15) is 60.3 Å². The summed E-state index contributed by atoms with van der Waals surface area (Å²) in [5, 5.41) is 10.1. The van der Waals surface area contributed by atoms with E-state index < -0.39 is 23.3 Å². The smallest absolute Gasteiger partial charge is 0.313 e. The van der Waals surface area contributed by atoms with Gasteiger partial charge in [0.1, 0.15) is 5.69 Å². The van der Waals surface area contributed by atoms with Crippen LogP contribution in [0.5, 0.6) is 0 Å². The van der Waals surface area contributed by atoms with Crippen LogP contribution in [-0.2, 0) is 27.4 Å². The molecule has 35 heavy (non-hydrogen) atoms. The summed E-state index contributed by atoms with van der Waals surface area (Å²) in [5.74, 6) is -2.72. The molecular weight excluding hydrogens is 448 g/mol. The average molecular weight is 477 g/mol. The fourth-order valence-corrected chi connectivity index (χ4v) is 4.35. The number of nitrogens with two attached hydrogens (primary N) is 1. The molecule has 9 nitrogen and oxygen atoms in total. The first-order chi connectivity index (χ1) is 16.6. The lowest BCUT2D eigenvalue weighted by molar-refractivity contribution is -0.150. The number of carbonyl (C=O) groups is 3. The van der Waals surface area contributed by atoms with Crippen molar-refractivity contribution in [1.82, 2.24) is 14.9 Å². The van der Waals surface area contributed by atoms with E-state index in [4.69, 9.17) is 10.5 Å². The zero-order valence-electron chi connectivity index (χ0n) is 19.9. The highest BCUT2D eigenvalue weighted by molar-refractivity contribution is 6.05. The van der Waals surface area contributed by atoms with Crippen molar-refractivity contribution in [1.29, 1.82) is 0 Å². The fourth-order valence-electron chi connectivity index (χ4n) is 4.35. The van der Waals surface area contributed by atoms with E-state index in [2.05, 4.69) is 9.97 Å². The number of carbonyl (C=O) groups excluding carboxylic acids is 2. The van der Waals surface area contributed by atoms with Gasteiger partial charge in [-0.3, -0.25) is 14.4 Å². The Kier molecular flexibility index (Phi) is 6.43. The van der Waals surface area contributed by atoms with E-state index in [1.807, 2.05) is 24.3 Å². The summed E-state index contributed by atoms with van der Waals surface area (Å²) in [4.78, 5) is 48.3. The zero-order chi connectivity index (χ0) is 25.3. The van der Waals surface area contributed by atoms with Gasteiger partial charge in [0.25, 0.3) is 5.91 Å². The molecule has 0 fully saturated rings. The largest absolute Gasteiger partial charge is 0.481 e. The van der Waals surface area contributed by atoms with Crippen LogP contribution in [0.25, 0.3) is 10.9 Å². The van der Waals surface area contributed by atoms with Crippen LogP contribution in [0.2, 0.25) is 0 Å². The molecule has 0 spiro atoms. The van der Waals surface area contributed by atoms with Gasteiger partial charge in [-0.05, 0) is 56.0 Å². The highest BCUT2D eigenvalue weighted by Gasteiger charge is 2.36. The van der Waals surface area contributed by atoms with E-state index >= 15 is 0 Å². The lowest BCUT2D eigenvalue weighted by Crippen LogP contribution is -2.30. The summed E-state index contributed by atoms with van der Waals surface area (Å²) in [6, 6.07) is 12.9. The number of nitrogen functional groups attached to an aromatic ring is 1. The number of hydrogen-bond donors (Lipinski definition) is 2. The lowest BCUT2D eigenvalue weighted by Gasteiger charge is -2.25. The highest BCUT2D eigenvalue weighted by Crippen LogP contribution is 2.35. The molecule has 182 valence electrons. The van der Waals surface area contributed by atoms with Gasteiger partial charge in [-0.25, -0.2) is 9.97 Å². The Hall–Kier alpha value is -4.01. The lowest BCUT2D eigenvalue weighted by atomic mass is 9.79. The van der Waals surface area contributed by atoms with E-state index in [-0.39, 0.29) is 30.6 Å². The second-order valence-electron chi connectivity index (χ2n) is 9.33. The number of carboxylic acids is 1. The fraction of sp³-hybridized carbons (Fsp3) is 0.346. The second kappa shape index (κ2) is 9.32. The third kappa shape index (κ3) is 4.80. The van der Waals surface area contributed by atoms with E-state index in [9.17, 15) is 19.5 Å². The molecule has 4 rings (SSSR count). The molecule has 1 atom stereocenters. The summed E-state index contributed by atoms with van der Waals surface area (Å²) in [7, 11) is 0. The van der Waals surface area contributed by atoms with Crippen LogP contribution in [0.4, 0.5) is 5.95 Å². The quantitative estimate of drug-likeness (QED) is 0.495. The number of anilines is 1. The number of ether oxygens (including phenoxy) is 1. The molecular formula is C26H28N4O5. The van der Waals surface area contributed by atoms with Crippen molar-refractivity contribution in [3.8, 4) is 0 Å². The van der Waals surface area contributed by atoms with Gasteiger partial charge in [-0.15, -0.1) is 0 Å². The van der Waals surface area contributed by atoms with Crippen LogP contribution < -0.4 is 5.73 Å². The molecule has 0 radical (unpaired) electrons. The van der Waals surface area contributed by atoms with Gasteiger partial charge >= 0.3 is 11.9 Å². The first-order valence-corrected chi connectivity index (χ1v) is 11.4. The molecule has 0 saturated heterocycles. The molecule has 3 aromatic rings. The molecule has 2 aromatic carbocycles. The Labute approximate surface area is 202 Å². The topological polar surface area (TPSA) is 136 Å². The maximum atomic E-state index is 13.5. The number of hydrogen-bond acceptors (Lipinski definition) is 7. The van der Waals surface area contributed by atoms with Crippen LogP contribution in [0.3, 0.4) is 0 Å². The number of rotatable bonds is 7. The Morgan fingerprint density at radius 3 is 2.37 bits per heavy atom. The molecule has 1 aliphatic heterocycles. The van der Waals surface area contributed by atoms with Crippen molar-refractivity contribution in [2.75, 3.05) is 12.3 Å². The SMILES string of the molecule is CCOC(=O)C(CC(C)(C)C(=O)O)c1ccc2nc(N)nc(C(=O)N3Cc4ccccc4C3)c2c1. The van der Waals surface area contributed by atoms with E-state index in [0.717, 1.165) is 11.1 Å². The van der Waals surface area contributed by atoms with Crippen molar-refractivity contribution in [3.05, 3.63) is 64.8 Å². The minimum absolute atomic E-state index is 0.0210. The van der Waals surface area contributed by atoms with Gasteiger partial charge in [0, 0.05) is 18.5 Å². The van der Waals surface area contributed by atoms with Gasteiger partial charge < -0.3 is 20.5 Å². The zero-order valence-corrected chi connectivity index (χ0v) is 19.9. The molecule has 1 amide bonds.